The zero-order valence-electron chi connectivity index (χ0n) is 12.1. The highest BCUT2D eigenvalue weighted by Crippen LogP contribution is 2.17. The Morgan fingerprint density at radius 3 is 2.63 bits per heavy atom. The normalized spacial score (nSPS) is 11.7. The van der Waals surface area contributed by atoms with E-state index in [4.69, 9.17) is 0 Å². The fourth-order valence-electron chi connectivity index (χ4n) is 1.98. The maximum absolute atomic E-state index is 4.30. The summed E-state index contributed by atoms with van der Waals surface area (Å²) in [7, 11) is 0. The first-order valence-corrected chi connectivity index (χ1v) is 6.85. The molecule has 1 aromatic carbocycles. The van der Waals surface area contributed by atoms with Gasteiger partial charge in [0.05, 0.1) is 5.69 Å². The molecular weight excluding hydrogens is 234 g/mol. The molecule has 0 aliphatic rings. The monoisotopic (exact) mass is 257 g/mol. The van der Waals surface area contributed by atoms with Crippen LogP contribution in [0.5, 0.6) is 0 Å². The molecule has 1 aromatic heterocycles. The fourth-order valence-corrected chi connectivity index (χ4v) is 1.98. The first-order chi connectivity index (χ1) is 9.06. The van der Waals surface area contributed by atoms with Crippen molar-refractivity contribution in [3.8, 4) is 5.69 Å². The van der Waals surface area contributed by atoms with E-state index in [1.807, 2.05) is 23.1 Å². The quantitative estimate of drug-likeness (QED) is 0.832. The van der Waals surface area contributed by atoms with E-state index < -0.39 is 0 Å². The highest BCUT2D eigenvalue weighted by Gasteiger charge is 2.09. The second-order valence-electron chi connectivity index (χ2n) is 6.07. The Hall–Kier alpha value is -1.61. The Kier molecular flexibility index (Phi) is 4.38. The molecule has 2 aromatic rings. The van der Waals surface area contributed by atoms with Crippen LogP contribution >= 0.6 is 0 Å². The van der Waals surface area contributed by atoms with E-state index in [0.717, 1.165) is 18.8 Å². The minimum absolute atomic E-state index is 0.383. The standard InChI is InChI=1S/C16H23N3/c1-16(2,3)9-11-17-13-14-7-4-5-8-15(14)19-12-6-10-18-19/h4-8,10,12,17H,9,11,13H2,1-3H3. The number of nitrogens with one attached hydrogen (secondary N) is 1. The Morgan fingerprint density at radius 1 is 1.16 bits per heavy atom. The van der Waals surface area contributed by atoms with Gasteiger partial charge in [-0.2, -0.15) is 5.10 Å². The molecule has 0 aliphatic heterocycles. The van der Waals surface area contributed by atoms with Crippen molar-refractivity contribution in [3.63, 3.8) is 0 Å². The molecule has 0 radical (unpaired) electrons. The predicted octanol–water partition coefficient (Wildman–Crippen LogP) is 3.40. The third-order valence-electron chi connectivity index (χ3n) is 3.11. The van der Waals surface area contributed by atoms with Gasteiger partial charge >= 0.3 is 0 Å². The molecule has 3 heteroatoms. The summed E-state index contributed by atoms with van der Waals surface area (Å²) in [6, 6.07) is 10.3. The van der Waals surface area contributed by atoms with E-state index in [2.05, 4.69) is 55.5 Å². The summed E-state index contributed by atoms with van der Waals surface area (Å²) < 4.78 is 1.92. The van der Waals surface area contributed by atoms with Gasteiger partial charge in [0.15, 0.2) is 0 Å². The van der Waals surface area contributed by atoms with Crippen molar-refractivity contribution >= 4 is 0 Å². The number of rotatable bonds is 5. The third-order valence-corrected chi connectivity index (χ3v) is 3.11. The SMILES string of the molecule is CC(C)(C)CCNCc1ccccc1-n1cccn1. The van der Waals surface area contributed by atoms with Crippen molar-refractivity contribution in [1.82, 2.24) is 15.1 Å². The molecule has 1 heterocycles. The molecule has 0 saturated carbocycles. The minimum atomic E-state index is 0.383. The molecule has 0 saturated heterocycles. The zero-order chi connectivity index (χ0) is 13.7. The van der Waals surface area contributed by atoms with E-state index >= 15 is 0 Å². The lowest BCUT2D eigenvalue weighted by Crippen LogP contribution is -2.21. The Bertz CT molecular complexity index is 495. The fraction of sp³-hybridized carbons (Fsp3) is 0.438. The smallest absolute Gasteiger partial charge is 0.0690 e. The van der Waals surface area contributed by atoms with E-state index in [9.17, 15) is 0 Å². The van der Waals surface area contributed by atoms with Gasteiger partial charge in [-0.15, -0.1) is 0 Å². The summed E-state index contributed by atoms with van der Waals surface area (Å²) in [5.41, 5.74) is 2.81. The summed E-state index contributed by atoms with van der Waals surface area (Å²) >= 11 is 0. The highest BCUT2D eigenvalue weighted by atomic mass is 15.3. The van der Waals surface area contributed by atoms with Crippen LogP contribution in [0.15, 0.2) is 42.7 Å². The lowest BCUT2D eigenvalue weighted by atomic mass is 9.92. The van der Waals surface area contributed by atoms with Crippen LogP contribution < -0.4 is 5.32 Å². The van der Waals surface area contributed by atoms with Crippen LogP contribution in [0.2, 0.25) is 0 Å². The van der Waals surface area contributed by atoms with Crippen LogP contribution in [-0.4, -0.2) is 16.3 Å². The maximum Gasteiger partial charge on any atom is 0.0690 e. The van der Waals surface area contributed by atoms with Crippen molar-refractivity contribution in [2.45, 2.75) is 33.7 Å². The molecule has 0 aliphatic carbocycles. The maximum atomic E-state index is 4.30. The van der Waals surface area contributed by atoms with Crippen LogP contribution in [0.25, 0.3) is 5.69 Å². The molecule has 0 bridgehead atoms. The number of hydrogen-bond donors (Lipinski definition) is 1. The van der Waals surface area contributed by atoms with Gasteiger partial charge in [0.25, 0.3) is 0 Å². The predicted molar refractivity (Wildman–Crippen MR) is 79.3 cm³/mol. The molecule has 0 spiro atoms. The Balaban J connectivity index is 1.97. The average molecular weight is 257 g/mol. The van der Waals surface area contributed by atoms with Crippen LogP contribution in [0.1, 0.15) is 32.8 Å². The van der Waals surface area contributed by atoms with E-state index in [1.54, 1.807) is 0 Å². The van der Waals surface area contributed by atoms with E-state index in [0.29, 0.717) is 5.41 Å². The van der Waals surface area contributed by atoms with Crippen LogP contribution in [0, 0.1) is 5.41 Å². The second kappa shape index (κ2) is 6.02. The molecule has 2 rings (SSSR count). The van der Waals surface area contributed by atoms with Crippen molar-refractivity contribution < 1.29 is 0 Å². The van der Waals surface area contributed by atoms with Gasteiger partial charge in [0, 0.05) is 18.9 Å². The highest BCUT2D eigenvalue weighted by molar-refractivity contribution is 5.40. The molecule has 0 atom stereocenters. The Labute approximate surface area is 115 Å². The number of para-hydroxylation sites is 1. The van der Waals surface area contributed by atoms with Gasteiger partial charge < -0.3 is 5.32 Å². The second-order valence-corrected chi connectivity index (χ2v) is 6.07. The largest absolute Gasteiger partial charge is 0.313 e. The lowest BCUT2D eigenvalue weighted by Gasteiger charge is -2.18. The molecule has 0 fully saturated rings. The van der Waals surface area contributed by atoms with E-state index in [1.165, 1.54) is 12.0 Å². The third kappa shape index (κ3) is 4.21. The summed E-state index contributed by atoms with van der Waals surface area (Å²) in [6.45, 7) is 8.73. The Morgan fingerprint density at radius 2 is 1.95 bits per heavy atom. The zero-order valence-corrected chi connectivity index (χ0v) is 12.1. The van der Waals surface area contributed by atoms with Gasteiger partial charge in [-0.1, -0.05) is 39.0 Å². The molecular formula is C16H23N3. The molecule has 0 amide bonds. The lowest BCUT2D eigenvalue weighted by molar-refractivity contribution is 0.366. The summed E-state index contributed by atoms with van der Waals surface area (Å²) in [5, 5.41) is 7.82. The molecule has 1 N–H and O–H groups in total. The average Bonchev–Trinajstić information content (AvgIpc) is 2.88. The van der Waals surface area contributed by atoms with Crippen LogP contribution in [-0.2, 0) is 6.54 Å². The van der Waals surface area contributed by atoms with Gasteiger partial charge in [-0.05, 0) is 36.1 Å². The van der Waals surface area contributed by atoms with Gasteiger partial charge in [0.1, 0.15) is 0 Å². The van der Waals surface area contributed by atoms with Crippen molar-refractivity contribution in [2.24, 2.45) is 5.41 Å². The molecule has 102 valence electrons. The van der Waals surface area contributed by atoms with Crippen LogP contribution in [0.3, 0.4) is 0 Å². The number of aromatic nitrogens is 2. The van der Waals surface area contributed by atoms with Crippen molar-refractivity contribution in [2.75, 3.05) is 6.54 Å². The van der Waals surface area contributed by atoms with Crippen molar-refractivity contribution in [1.29, 1.82) is 0 Å². The summed E-state index contributed by atoms with van der Waals surface area (Å²) in [6.07, 6.45) is 4.97. The summed E-state index contributed by atoms with van der Waals surface area (Å²) in [4.78, 5) is 0. The first kappa shape index (κ1) is 13.8. The molecule has 19 heavy (non-hydrogen) atoms. The number of hydrogen-bond acceptors (Lipinski definition) is 2. The van der Waals surface area contributed by atoms with Gasteiger partial charge in [-0.3, -0.25) is 0 Å². The van der Waals surface area contributed by atoms with Gasteiger partial charge in [0.2, 0.25) is 0 Å². The minimum Gasteiger partial charge on any atom is -0.313 e. The first-order valence-electron chi connectivity index (χ1n) is 6.85. The topological polar surface area (TPSA) is 29.9 Å². The van der Waals surface area contributed by atoms with Crippen molar-refractivity contribution in [3.05, 3.63) is 48.3 Å². The van der Waals surface area contributed by atoms with E-state index in [-0.39, 0.29) is 0 Å². The summed E-state index contributed by atoms with van der Waals surface area (Å²) in [5.74, 6) is 0. The molecule has 3 nitrogen and oxygen atoms in total. The van der Waals surface area contributed by atoms with Crippen LogP contribution in [0.4, 0.5) is 0 Å². The molecule has 0 unspecified atom stereocenters. The number of benzene rings is 1. The number of nitrogens with zero attached hydrogens (tertiary/aromatic N) is 2. The van der Waals surface area contributed by atoms with Gasteiger partial charge in [-0.25, -0.2) is 4.68 Å².